The van der Waals surface area contributed by atoms with Crippen molar-refractivity contribution in [3.05, 3.63) is 23.9 Å². The molecular formula is C18H32IN5. The van der Waals surface area contributed by atoms with Crippen LogP contribution in [0.3, 0.4) is 0 Å². The largest absolute Gasteiger partial charge is 0.357 e. The van der Waals surface area contributed by atoms with Crippen LogP contribution in [0.2, 0.25) is 0 Å². The van der Waals surface area contributed by atoms with Gasteiger partial charge in [-0.2, -0.15) is 0 Å². The molecule has 2 rings (SSSR count). The molecule has 0 aliphatic carbocycles. The van der Waals surface area contributed by atoms with Crippen LogP contribution in [0, 0.1) is 5.92 Å². The molecule has 0 spiro atoms. The zero-order valence-electron chi connectivity index (χ0n) is 15.5. The summed E-state index contributed by atoms with van der Waals surface area (Å²) in [5.41, 5.74) is 1.19. The lowest BCUT2D eigenvalue weighted by molar-refractivity contribution is 0.266. The van der Waals surface area contributed by atoms with Crippen LogP contribution in [0.25, 0.3) is 0 Å². The monoisotopic (exact) mass is 445 g/mol. The number of likely N-dealkylation sites (tertiary alicyclic amines) is 1. The van der Waals surface area contributed by atoms with Gasteiger partial charge in [0.2, 0.25) is 0 Å². The van der Waals surface area contributed by atoms with Crippen molar-refractivity contribution >= 4 is 35.8 Å². The first kappa shape index (κ1) is 21.0. The van der Waals surface area contributed by atoms with E-state index in [1.54, 1.807) is 0 Å². The molecular weight excluding hydrogens is 413 g/mol. The second-order valence-corrected chi connectivity index (χ2v) is 6.29. The zero-order valence-corrected chi connectivity index (χ0v) is 17.8. The lowest BCUT2D eigenvalue weighted by Crippen LogP contribution is -2.45. The van der Waals surface area contributed by atoms with Crippen LogP contribution in [0.4, 0.5) is 5.82 Å². The average Bonchev–Trinajstić information content (AvgIpc) is 2.58. The molecule has 24 heavy (non-hydrogen) atoms. The number of rotatable bonds is 5. The van der Waals surface area contributed by atoms with Gasteiger partial charge in [-0.05, 0) is 44.2 Å². The van der Waals surface area contributed by atoms with Crippen molar-refractivity contribution in [1.82, 2.24) is 15.2 Å². The van der Waals surface area contributed by atoms with Crippen molar-refractivity contribution in [1.29, 1.82) is 0 Å². The number of halogens is 1. The molecule has 1 aliphatic heterocycles. The second kappa shape index (κ2) is 10.7. The van der Waals surface area contributed by atoms with Gasteiger partial charge in [0.25, 0.3) is 0 Å². The lowest BCUT2D eigenvalue weighted by Gasteiger charge is -2.33. The first-order valence-electron chi connectivity index (χ1n) is 8.83. The Morgan fingerprint density at radius 1 is 1.38 bits per heavy atom. The average molecular weight is 445 g/mol. The van der Waals surface area contributed by atoms with Gasteiger partial charge in [0, 0.05) is 46.0 Å². The van der Waals surface area contributed by atoms with Crippen molar-refractivity contribution < 1.29 is 0 Å². The molecule has 1 aliphatic rings. The summed E-state index contributed by atoms with van der Waals surface area (Å²) in [5, 5.41) is 3.47. The fraction of sp³-hybridized carbons (Fsp3) is 0.667. The Morgan fingerprint density at radius 2 is 2.12 bits per heavy atom. The number of hydrogen-bond acceptors (Lipinski definition) is 3. The van der Waals surface area contributed by atoms with Crippen LogP contribution in [0.5, 0.6) is 0 Å². The fourth-order valence-corrected chi connectivity index (χ4v) is 3.15. The predicted octanol–water partition coefficient (Wildman–Crippen LogP) is 3.35. The van der Waals surface area contributed by atoms with E-state index in [1.807, 2.05) is 13.2 Å². The maximum absolute atomic E-state index is 4.58. The fourth-order valence-electron chi connectivity index (χ4n) is 3.15. The maximum atomic E-state index is 4.58. The SMILES string of the molecule is CCN(CC)c1ccc(CNC(=NC)N2CCCC(C)C2)cn1.I. The van der Waals surface area contributed by atoms with Gasteiger partial charge < -0.3 is 15.1 Å². The topological polar surface area (TPSA) is 43.8 Å². The summed E-state index contributed by atoms with van der Waals surface area (Å²) in [7, 11) is 1.86. The first-order chi connectivity index (χ1) is 11.2. The molecule has 0 aromatic carbocycles. The Morgan fingerprint density at radius 3 is 2.67 bits per heavy atom. The number of guanidine groups is 1. The Balaban J connectivity index is 0.00000288. The summed E-state index contributed by atoms with van der Waals surface area (Å²) in [6.07, 6.45) is 4.54. The molecule has 1 aromatic rings. The summed E-state index contributed by atoms with van der Waals surface area (Å²) in [5.74, 6) is 2.80. The highest BCUT2D eigenvalue weighted by Gasteiger charge is 2.18. The van der Waals surface area contributed by atoms with E-state index >= 15 is 0 Å². The number of anilines is 1. The van der Waals surface area contributed by atoms with Gasteiger partial charge in [-0.1, -0.05) is 13.0 Å². The summed E-state index contributed by atoms with van der Waals surface area (Å²) in [4.78, 5) is 13.6. The molecule has 1 unspecified atom stereocenters. The van der Waals surface area contributed by atoms with Crippen LogP contribution < -0.4 is 10.2 Å². The number of piperidine rings is 1. The number of hydrogen-bond donors (Lipinski definition) is 1. The van der Waals surface area contributed by atoms with E-state index in [4.69, 9.17) is 0 Å². The van der Waals surface area contributed by atoms with Gasteiger partial charge in [-0.25, -0.2) is 4.98 Å². The molecule has 1 atom stereocenters. The second-order valence-electron chi connectivity index (χ2n) is 6.29. The van der Waals surface area contributed by atoms with Gasteiger partial charge in [0.15, 0.2) is 5.96 Å². The molecule has 2 heterocycles. The normalized spacial score (nSPS) is 18.1. The van der Waals surface area contributed by atoms with Crippen LogP contribution in [-0.2, 0) is 6.54 Å². The highest BCUT2D eigenvalue weighted by molar-refractivity contribution is 14.0. The number of nitrogens with one attached hydrogen (secondary N) is 1. The molecule has 0 amide bonds. The van der Waals surface area contributed by atoms with Crippen molar-refractivity contribution in [3.63, 3.8) is 0 Å². The Kier molecular flexibility index (Phi) is 9.39. The number of aliphatic imine (C=N–C) groups is 1. The zero-order chi connectivity index (χ0) is 16.7. The van der Waals surface area contributed by atoms with E-state index in [1.165, 1.54) is 18.4 Å². The number of pyridine rings is 1. The van der Waals surface area contributed by atoms with E-state index in [0.717, 1.165) is 50.4 Å². The summed E-state index contributed by atoms with van der Waals surface area (Å²) >= 11 is 0. The Bertz CT molecular complexity index is 499. The van der Waals surface area contributed by atoms with Crippen LogP contribution in [0.15, 0.2) is 23.3 Å². The van der Waals surface area contributed by atoms with Gasteiger partial charge >= 0.3 is 0 Å². The highest BCUT2D eigenvalue weighted by atomic mass is 127. The maximum Gasteiger partial charge on any atom is 0.193 e. The third-order valence-corrected chi connectivity index (χ3v) is 4.52. The summed E-state index contributed by atoms with van der Waals surface area (Å²) in [6, 6.07) is 4.26. The molecule has 6 heteroatoms. The van der Waals surface area contributed by atoms with Gasteiger partial charge in [-0.3, -0.25) is 4.99 Å². The molecule has 5 nitrogen and oxygen atoms in total. The van der Waals surface area contributed by atoms with Gasteiger partial charge in [0.1, 0.15) is 5.82 Å². The standard InChI is InChI=1S/C18H31N5.HI/c1-5-22(6-2)17-10-9-16(12-20-17)13-21-18(19-4)23-11-7-8-15(3)14-23;/h9-10,12,15H,5-8,11,13-14H2,1-4H3,(H,19,21);1H. The van der Waals surface area contributed by atoms with Crippen LogP contribution in [0.1, 0.15) is 39.2 Å². The quantitative estimate of drug-likeness (QED) is 0.429. The number of nitrogens with zero attached hydrogens (tertiary/aromatic N) is 4. The van der Waals surface area contributed by atoms with Gasteiger partial charge in [0.05, 0.1) is 0 Å². The third kappa shape index (κ3) is 5.79. The molecule has 1 N–H and O–H groups in total. The molecule has 1 aromatic heterocycles. The van der Waals surface area contributed by atoms with E-state index < -0.39 is 0 Å². The van der Waals surface area contributed by atoms with Crippen molar-refractivity contribution in [2.24, 2.45) is 10.9 Å². The minimum Gasteiger partial charge on any atom is -0.357 e. The van der Waals surface area contributed by atoms with E-state index in [0.29, 0.717) is 0 Å². The van der Waals surface area contributed by atoms with E-state index in [2.05, 4.69) is 58.0 Å². The minimum absolute atomic E-state index is 0. The third-order valence-electron chi connectivity index (χ3n) is 4.52. The van der Waals surface area contributed by atoms with Crippen LogP contribution in [-0.4, -0.2) is 49.1 Å². The molecule has 1 fully saturated rings. The van der Waals surface area contributed by atoms with Crippen molar-refractivity contribution in [3.8, 4) is 0 Å². The van der Waals surface area contributed by atoms with Crippen LogP contribution >= 0.6 is 24.0 Å². The molecule has 0 radical (unpaired) electrons. The van der Waals surface area contributed by atoms with Crippen molar-refractivity contribution in [2.75, 3.05) is 38.1 Å². The highest BCUT2D eigenvalue weighted by Crippen LogP contribution is 2.15. The molecule has 0 bridgehead atoms. The van der Waals surface area contributed by atoms with Crippen molar-refractivity contribution in [2.45, 2.75) is 40.2 Å². The lowest BCUT2D eigenvalue weighted by atomic mass is 10.0. The summed E-state index contributed by atoms with van der Waals surface area (Å²) in [6.45, 7) is 11.6. The summed E-state index contributed by atoms with van der Waals surface area (Å²) < 4.78 is 0. The molecule has 136 valence electrons. The first-order valence-corrected chi connectivity index (χ1v) is 8.83. The molecule has 0 saturated carbocycles. The van der Waals surface area contributed by atoms with E-state index in [9.17, 15) is 0 Å². The predicted molar refractivity (Wildman–Crippen MR) is 113 cm³/mol. The smallest absolute Gasteiger partial charge is 0.193 e. The molecule has 1 saturated heterocycles. The minimum atomic E-state index is 0. The Hall–Kier alpha value is -1.05. The van der Waals surface area contributed by atoms with E-state index in [-0.39, 0.29) is 24.0 Å². The number of aromatic nitrogens is 1. The Labute approximate surface area is 163 Å². The van der Waals surface area contributed by atoms with Gasteiger partial charge in [-0.15, -0.1) is 24.0 Å².